The van der Waals surface area contributed by atoms with Gasteiger partial charge in [-0.25, -0.2) is 0 Å². The van der Waals surface area contributed by atoms with Gasteiger partial charge in [0.1, 0.15) is 5.69 Å². The zero-order chi connectivity index (χ0) is 15.3. The summed E-state index contributed by atoms with van der Waals surface area (Å²) in [5, 5.41) is 8.47. The van der Waals surface area contributed by atoms with Crippen LogP contribution >= 0.6 is 0 Å². The normalized spacial score (nSPS) is 11.2. The van der Waals surface area contributed by atoms with Crippen molar-refractivity contribution in [2.24, 2.45) is 0 Å². The lowest BCUT2D eigenvalue weighted by Gasteiger charge is -2.18. The number of halogens is 3. The van der Waals surface area contributed by atoms with Crippen molar-refractivity contribution in [2.75, 3.05) is 13.6 Å². The number of amides is 1. The molecule has 0 fully saturated rings. The van der Waals surface area contributed by atoms with Gasteiger partial charge in [-0.15, -0.1) is 0 Å². The molecule has 1 N–H and O–H groups in total. The largest absolute Gasteiger partial charge is 0.481 e. The number of aliphatic carboxylic acids is 1. The molecule has 1 heterocycles. The number of nitrogens with zero attached hydrogens (tertiary/aromatic N) is 2. The van der Waals surface area contributed by atoms with E-state index in [1.54, 1.807) is 0 Å². The van der Waals surface area contributed by atoms with E-state index in [0.717, 1.165) is 23.2 Å². The molecule has 110 valence electrons. The summed E-state index contributed by atoms with van der Waals surface area (Å²) in [6, 6.07) is 1.88. The number of carboxylic acid groups (broad SMARTS) is 1. The third-order valence-electron chi connectivity index (χ3n) is 2.55. The molecule has 0 saturated carbocycles. The molecule has 0 unspecified atom stereocenters. The Morgan fingerprint density at radius 1 is 1.40 bits per heavy atom. The van der Waals surface area contributed by atoms with Crippen LogP contribution in [-0.2, 0) is 11.0 Å². The van der Waals surface area contributed by atoms with E-state index in [4.69, 9.17) is 5.11 Å². The van der Waals surface area contributed by atoms with E-state index in [2.05, 4.69) is 4.98 Å². The van der Waals surface area contributed by atoms with Gasteiger partial charge in [0.05, 0.1) is 5.56 Å². The molecular weight excluding hydrogens is 277 g/mol. The maximum atomic E-state index is 12.7. The lowest BCUT2D eigenvalue weighted by atomic mass is 10.1. The monoisotopic (exact) mass is 290 g/mol. The molecule has 0 saturated heterocycles. The summed E-state index contributed by atoms with van der Waals surface area (Å²) in [5.41, 5.74) is -1.78. The highest BCUT2D eigenvalue weighted by atomic mass is 19.4. The molecule has 5 nitrogen and oxygen atoms in total. The second-order valence-electron chi connectivity index (χ2n) is 4.12. The Morgan fingerprint density at radius 3 is 2.60 bits per heavy atom. The molecule has 1 amide bonds. The first-order valence-electron chi connectivity index (χ1n) is 5.73. The molecule has 0 aliphatic rings. The number of hydrogen-bond donors (Lipinski definition) is 1. The van der Waals surface area contributed by atoms with Gasteiger partial charge in [0.25, 0.3) is 5.91 Å². The van der Waals surface area contributed by atoms with Gasteiger partial charge in [0, 0.05) is 26.2 Å². The van der Waals surface area contributed by atoms with Crippen LogP contribution in [0.4, 0.5) is 13.2 Å². The molecule has 0 aromatic carbocycles. The van der Waals surface area contributed by atoms with Crippen LogP contribution in [0.2, 0.25) is 0 Å². The van der Waals surface area contributed by atoms with Crippen LogP contribution in [-0.4, -0.2) is 40.5 Å². The summed E-state index contributed by atoms with van der Waals surface area (Å²) < 4.78 is 38.2. The highest BCUT2D eigenvalue weighted by Gasteiger charge is 2.36. The SMILES string of the molecule is CN(CCCC(=O)O)C(=O)c1ncccc1C(F)(F)F. The van der Waals surface area contributed by atoms with Crippen LogP contribution in [0.25, 0.3) is 0 Å². The molecule has 1 aromatic heterocycles. The summed E-state index contributed by atoms with van der Waals surface area (Å²) in [6.07, 6.45) is -3.56. The summed E-state index contributed by atoms with van der Waals surface area (Å²) >= 11 is 0. The van der Waals surface area contributed by atoms with Gasteiger partial charge in [0.15, 0.2) is 0 Å². The van der Waals surface area contributed by atoms with Gasteiger partial charge in [-0.2, -0.15) is 13.2 Å². The minimum absolute atomic E-state index is 0.0407. The van der Waals surface area contributed by atoms with E-state index < -0.39 is 29.3 Å². The lowest BCUT2D eigenvalue weighted by molar-refractivity contribution is -0.138. The fraction of sp³-hybridized carbons (Fsp3) is 0.417. The maximum absolute atomic E-state index is 12.7. The number of carboxylic acids is 1. The van der Waals surface area contributed by atoms with Crippen LogP contribution in [0.3, 0.4) is 0 Å². The van der Waals surface area contributed by atoms with Crippen LogP contribution < -0.4 is 0 Å². The van der Waals surface area contributed by atoms with E-state index in [-0.39, 0.29) is 19.4 Å². The molecule has 0 spiro atoms. The average Bonchev–Trinajstić information content (AvgIpc) is 2.36. The van der Waals surface area contributed by atoms with Gasteiger partial charge < -0.3 is 10.0 Å². The third-order valence-corrected chi connectivity index (χ3v) is 2.55. The Balaban J connectivity index is 2.84. The highest BCUT2D eigenvalue weighted by molar-refractivity contribution is 5.93. The van der Waals surface area contributed by atoms with Crippen molar-refractivity contribution < 1.29 is 27.9 Å². The Hall–Kier alpha value is -2.12. The van der Waals surface area contributed by atoms with Crippen LogP contribution in [0, 0.1) is 0 Å². The van der Waals surface area contributed by atoms with Crippen molar-refractivity contribution in [3.63, 3.8) is 0 Å². The Bertz CT molecular complexity index is 503. The number of alkyl halides is 3. The minimum atomic E-state index is -4.67. The molecule has 8 heteroatoms. The van der Waals surface area contributed by atoms with Crippen molar-refractivity contribution in [3.05, 3.63) is 29.6 Å². The number of hydrogen-bond acceptors (Lipinski definition) is 3. The number of pyridine rings is 1. The van der Waals surface area contributed by atoms with Crippen LogP contribution in [0.1, 0.15) is 28.9 Å². The van der Waals surface area contributed by atoms with E-state index in [9.17, 15) is 22.8 Å². The average molecular weight is 290 g/mol. The van der Waals surface area contributed by atoms with E-state index in [1.807, 2.05) is 0 Å². The summed E-state index contributed by atoms with van der Waals surface area (Å²) in [5.74, 6) is -1.91. The topological polar surface area (TPSA) is 70.5 Å². The summed E-state index contributed by atoms with van der Waals surface area (Å²) in [7, 11) is 1.30. The van der Waals surface area contributed by atoms with Gasteiger partial charge in [-0.05, 0) is 18.6 Å². The van der Waals surface area contributed by atoms with Crippen LogP contribution in [0.5, 0.6) is 0 Å². The third kappa shape index (κ3) is 4.22. The quantitative estimate of drug-likeness (QED) is 0.900. The maximum Gasteiger partial charge on any atom is 0.418 e. The van der Waals surface area contributed by atoms with E-state index >= 15 is 0 Å². The smallest absolute Gasteiger partial charge is 0.418 e. The second-order valence-corrected chi connectivity index (χ2v) is 4.12. The van der Waals surface area contributed by atoms with Crippen LogP contribution in [0.15, 0.2) is 18.3 Å². The van der Waals surface area contributed by atoms with Gasteiger partial charge >= 0.3 is 12.1 Å². The first-order valence-corrected chi connectivity index (χ1v) is 5.73. The first kappa shape index (κ1) is 15.9. The lowest BCUT2D eigenvalue weighted by Crippen LogP contribution is -2.31. The van der Waals surface area contributed by atoms with Crippen molar-refractivity contribution >= 4 is 11.9 Å². The molecule has 1 rings (SSSR count). The summed E-state index contributed by atoms with van der Waals surface area (Å²) in [6.45, 7) is 0.0407. The van der Waals surface area contributed by atoms with E-state index in [1.165, 1.54) is 7.05 Å². The number of carbonyl (C=O) groups is 2. The van der Waals surface area contributed by atoms with Gasteiger partial charge in [-0.3, -0.25) is 14.6 Å². The first-order chi connectivity index (χ1) is 9.23. The molecule has 1 aromatic rings. The Labute approximate surface area is 113 Å². The predicted molar refractivity (Wildman–Crippen MR) is 63.1 cm³/mol. The molecule has 0 atom stereocenters. The minimum Gasteiger partial charge on any atom is -0.481 e. The molecular formula is C12H13F3N2O3. The number of aromatic nitrogens is 1. The van der Waals surface area contributed by atoms with Crippen molar-refractivity contribution in [1.29, 1.82) is 0 Å². The van der Waals surface area contributed by atoms with Gasteiger partial charge in [0.2, 0.25) is 0 Å². The number of rotatable bonds is 5. The fourth-order valence-electron chi connectivity index (χ4n) is 1.55. The highest BCUT2D eigenvalue weighted by Crippen LogP contribution is 2.31. The molecule has 20 heavy (non-hydrogen) atoms. The molecule has 0 aliphatic heterocycles. The zero-order valence-corrected chi connectivity index (χ0v) is 10.6. The number of carbonyl (C=O) groups excluding carboxylic acids is 1. The molecule has 0 aliphatic carbocycles. The zero-order valence-electron chi connectivity index (χ0n) is 10.6. The van der Waals surface area contributed by atoms with E-state index in [0.29, 0.717) is 0 Å². The second kappa shape index (κ2) is 6.36. The fourth-order valence-corrected chi connectivity index (χ4v) is 1.55. The predicted octanol–water partition coefficient (Wildman–Crippen LogP) is 2.04. The molecule has 0 radical (unpaired) electrons. The Morgan fingerprint density at radius 2 is 2.05 bits per heavy atom. The standard InChI is InChI=1S/C12H13F3N2O3/c1-17(7-3-5-9(18)19)11(20)10-8(12(13,14)15)4-2-6-16-10/h2,4,6H,3,5,7H2,1H3,(H,18,19). The van der Waals surface area contributed by atoms with Crippen molar-refractivity contribution in [2.45, 2.75) is 19.0 Å². The summed E-state index contributed by atoms with van der Waals surface area (Å²) in [4.78, 5) is 26.8. The van der Waals surface area contributed by atoms with Crippen molar-refractivity contribution in [3.8, 4) is 0 Å². The van der Waals surface area contributed by atoms with Gasteiger partial charge in [-0.1, -0.05) is 0 Å². The van der Waals surface area contributed by atoms with Crippen molar-refractivity contribution in [1.82, 2.24) is 9.88 Å². The Kier molecular flexibility index (Phi) is 5.06. The molecule has 0 bridgehead atoms.